The molecule has 0 saturated heterocycles. The van der Waals surface area contributed by atoms with Crippen LogP contribution in [0.2, 0.25) is 0 Å². The van der Waals surface area contributed by atoms with Crippen molar-refractivity contribution in [2.45, 2.75) is 0 Å². The molecule has 0 N–H and O–H groups in total. The van der Waals surface area contributed by atoms with Crippen molar-refractivity contribution in [3.05, 3.63) is 60.7 Å². The molecule has 0 atom stereocenters. The minimum absolute atomic E-state index is 0. The van der Waals surface area contributed by atoms with E-state index in [4.69, 9.17) is 0 Å². The predicted octanol–water partition coefficient (Wildman–Crippen LogP) is 0.317. The number of nitrogens with zero attached hydrogens (tertiary/aromatic N) is 2. The van der Waals surface area contributed by atoms with Crippen LogP contribution in [0.5, 0.6) is 0 Å². The van der Waals surface area contributed by atoms with Crippen LogP contribution in [0.25, 0.3) is 28.5 Å². The molecular weight excluding hydrogens is 359 g/mol. The number of fused-ring (bicyclic) bond motifs is 1. The van der Waals surface area contributed by atoms with Crippen LogP contribution in [0.15, 0.2) is 55.1 Å². The van der Waals surface area contributed by atoms with E-state index in [0.29, 0.717) is 0 Å². The van der Waals surface area contributed by atoms with E-state index in [-0.39, 0.29) is 24.0 Å². The lowest BCUT2D eigenvalue weighted by molar-refractivity contribution is -0.634. The van der Waals surface area contributed by atoms with Gasteiger partial charge in [0.05, 0.1) is 19.7 Å². The zero-order valence-electron chi connectivity index (χ0n) is 11.7. The quantitative estimate of drug-likeness (QED) is 0.450. The van der Waals surface area contributed by atoms with Gasteiger partial charge in [-0.05, 0) is 23.8 Å². The van der Waals surface area contributed by atoms with Crippen molar-refractivity contribution in [3.8, 4) is 11.4 Å². The molecule has 0 fully saturated rings. The molecule has 3 heteroatoms. The van der Waals surface area contributed by atoms with Gasteiger partial charge in [-0.2, -0.15) is 0 Å². The van der Waals surface area contributed by atoms with E-state index in [0.717, 1.165) is 5.56 Å². The summed E-state index contributed by atoms with van der Waals surface area (Å²) in [5, 5.41) is 0. The van der Waals surface area contributed by atoms with Crippen LogP contribution < -0.4 is 28.5 Å². The van der Waals surface area contributed by atoms with Crippen LogP contribution in [-0.2, 0) is 14.1 Å². The van der Waals surface area contributed by atoms with Gasteiger partial charge in [0, 0.05) is 0 Å². The molecule has 2 aromatic carbocycles. The van der Waals surface area contributed by atoms with Crippen molar-refractivity contribution in [2.75, 3.05) is 0 Å². The third kappa shape index (κ3) is 2.16. The average molecular weight is 376 g/mol. The van der Waals surface area contributed by atoms with Crippen LogP contribution in [0.1, 0.15) is 5.56 Å². The summed E-state index contributed by atoms with van der Waals surface area (Å²) in [5.41, 5.74) is 4.83. The van der Waals surface area contributed by atoms with Gasteiger partial charge in [-0.3, -0.25) is 0 Å². The number of imidazole rings is 1. The summed E-state index contributed by atoms with van der Waals surface area (Å²) in [4.78, 5) is 0. The summed E-state index contributed by atoms with van der Waals surface area (Å²) in [7, 11) is 4.22. The van der Waals surface area contributed by atoms with Gasteiger partial charge in [0.15, 0.2) is 11.0 Å². The highest BCUT2D eigenvalue weighted by molar-refractivity contribution is 5.78. The maximum atomic E-state index is 3.91. The van der Waals surface area contributed by atoms with Gasteiger partial charge in [0.1, 0.15) is 0 Å². The zero-order chi connectivity index (χ0) is 13.4. The Morgan fingerprint density at radius 1 is 1.05 bits per heavy atom. The van der Waals surface area contributed by atoms with Gasteiger partial charge in [0.25, 0.3) is 5.82 Å². The van der Waals surface area contributed by atoms with Gasteiger partial charge in [0.2, 0.25) is 0 Å². The molecule has 1 heterocycles. The topological polar surface area (TPSA) is 8.81 Å². The number of hydrogen-bond acceptors (Lipinski definition) is 0. The summed E-state index contributed by atoms with van der Waals surface area (Å²) in [6, 6.07) is 16.8. The molecule has 3 aromatic rings. The molecule has 3 rings (SSSR count). The molecule has 2 nitrogen and oxygen atoms in total. The number of hydrogen-bond donors (Lipinski definition) is 0. The molecule has 0 saturated carbocycles. The first-order valence-corrected chi connectivity index (χ1v) is 6.39. The fourth-order valence-corrected chi connectivity index (χ4v) is 2.72. The first kappa shape index (κ1) is 14.8. The number of aromatic nitrogens is 2. The second kappa shape index (κ2) is 5.79. The Balaban J connectivity index is 0.00000147. The smallest absolute Gasteiger partial charge is 0.290 e. The number of rotatable bonds is 2. The fourth-order valence-electron chi connectivity index (χ4n) is 2.72. The van der Waals surface area contributed by atoms with E-state index in [2.05, 4.69) is 72.3 Å². The number of benzene rings is 2. The maximum Gasteiger partial charge on any atom is 0.290 e. The highest BCUT2D eigenvalue weighted by Gasteiger charge is 2.22. The van der Waals surface area contributed by atoms with Gasteiger partial charge < -0.3 is 24.0 Å². The predicted molar refractivity (Wildman–Crippen MR) is 79.6 cm³/mol. The Kier molecular flexibility index (Phi) is 4.28. The Morgan fingerprint density at radius 3 is 2.40 bits per heavy atom. The van der Waals surface area contributed by atoms with Crippen molar-refractivity contribution >= 4 is 17.1 Å². The number of aryl methyl sites for hydroxylation is 2. The van der Waals surface area contributed by atoms with Crippen LogP contribution >= 0.6 is 0 Å². The first-order valence-electron chi connectivity index (χ1n) is 6.39. The SMILES string of the molecule is C=Cc1ccccc1-c1n(C)c2ccccc2[n+]1C.[I-]. The van der Waals surface area contributed by atoms with Crippen LogP contribution in [0.3, 0.4) is 0 Å². The standard InChI is InChI=1S/C17H17N2.HI/c1-4-13-9-5-6-10-14(13)17-18(2)15-11-7-8-12-16(15)19(17)3;/h4-12H,1H2,2-3H3;1H/q+1;/p-1. The molecule has 0 aliphatic heterocycles. The first-order chi connectivity index (χ1) is 9.24. The highest BCUT2D eigenvalue weighted by atomic mass is 127. The maximum absolute atomic E-state index is 3.91. The van der Waals surface area contributed by atoms with Gasteiger partial charge in [-0.25, -0.2) is 9.13 Å². The molecule has 20 heavy (non-hydrogen) atoms. The molecule has 0 unspecified atom stereocenters. The van der Waals surface area contributed by atoms with E-state index in [1.165, 1.54) is 22.4 Å². The number of para-hydroxylation sites is 2. The lowest BCUT2D eigenvalue weighted by Gasteiger charge is -2.03. The molecule has 0 aliphatic rings. The molecule has 0 spiro atoms. The van der Waals surface area contributed by atoms with Crippen molar-refractivity contribution in [1.82, 2.24) is 4.57 Å². The molecule has 102 valence electrons. The minimum Gasteiger partial charge on any atom is -1.00 e. The molecule has 0 aliphatic carbocycles. The van der Waals surface area contributed by atoms with Crippen molar-refractivity contribution < 1.29 is 28.5 Å². The average Bonchev–Trinajstić information content (AvgIpc) is 2.71. The van der Waals surface area contributed by atoms with Crippen molar-refractivity contribution in [1.29, 1.82) is 0 Å². The van der Waals surface area contributed by atoms with E-state index in [1.807, 2.05) is 12.1 Å². The van der Waals surface area contributed by atoms with Crippen LogP contribution in [-0.4, -0.2) is 4.57 Å². The summed E-state index contributed by atoms with van der Waals surface area (Å²) < 4.78 is 4.47. The normalized spacial score (nSPS) is 10.3. The molecule has 0 radical (unpaired) electrons. The van der Waals surface area contributed by atoms with Gasteiger partial charge in [-0.15, -0.1) is 0 Å². The summed E-state index contributed by atoms with van der Waals surface area (Å²) in [6.45, 7) is 3.91. The van der Waals surface area contributed by atoms with Crippen LogP contribution in [0.4, 0.5) is 0 Å². The third-order valence-corrected chi connectivity index (χ3v) is 3.66. The Morgan fingerprint density at radius 2 is 1.70 bits per heavy atom. The summed E-state index contributed by atoms with van der Waals surface area (Å²) >= 11 is 0. The summed E-state index contributed by atoms with van der Waals surface area (Å²) in [5.74, 6) is 1.19. The number of halogens is 1. The lowest BCUT2D eigenvalue weighted by atomic mass is 10.1. The fraction of sp³-hybridized carbons (Fsp3) is 0.118. The van der Waals surface area contributed by atoms with E-state index >= 15 is 0 Å². The highest BCUT2D eigenvalue weighted by Crippen LogP contribution is 2.25. The minimum atomic E-state index is 0. The molecule has 0 amide bonds. The Labute approximate surface area is 136 Å². The van der Waals surface area contributed by atoms with E-state index in [9.17, 15) is 0 Å². The van der Waals surface area contributed by atoms with Crippen molar-refractivity contribution in [2.24, 2.45) is 14.1 Å². The zero-order valence-corrected chi connectivity index (χ0v) is 13.8. The summed E-state index contributed by atoms with van der Waals surface area (Å²) in [6.07, 6.45) is 1.91. The largest absolute Gasteiger partial charge is 1.00 e. The van der Waals surface area contributed by atoms with Gasteiger partial charge >= 0.3 is 0 Å². The lowest BCUT2D eigenvalue weighted by Crippen LogP contribution is -3.00. The van der Waals surface area contributed by atoms with E-state index in [1.54, 1.807) is 0 Å². The monoisotopic (exact) mass is 376 g/mol. The molecular formula is C17H17IN2. The Hall–Kier alpha value is -1.62. The van der Waals surface area contributed by atoms with E-state index < -0.39 is 0 Å². The molecule has 0 bridgehead atoms. The second-order valence-electron chi connectivity index (χ2n) is 4.72. The second-order valence-corrected chi connectivity index (χ2v) is 4.72. The van der Waals surface area contributed by atoms with Crippen LogP contribution in [0, 0.1) is 0 Å². The third-order valence-electron chi connectivity index (χ3n) is 3.66. The molecule has 1 aromatic heterocycles. The van der Waals surface area contributed by atoms with Gasteiger partial charge in [-0.1, -0.05) is 43.0 Å². The Bertz CT molecular complexity index is 733. The van der Waals surface area contributed by atoms with Crippen molar-refractivity contribution in [3.63, 3.8) is 0 Å².